The number of alkyl halides is 2. The maximum Gasteiger partial charge on any atom is 0.387 e. The van der Waals surface area contributed by atoms with Crippen molar-refractivity contribution in [3.8, 4) is 5.75 Å². The Morgan fingerprint density at radius 1 is 1.47 bits per heavy atom. The van der Waals surface area contributed by atoms with Gasteiger partial charge in [0.15, 0.2) is 5.78 Å². The molecule has 1 heterocycles. The van der Waals surface area contributed by atoms with Crippen LogP contribution in [0, 0.1) is 0 Å². The number of Topliss-reactive ketones (excluding diaryl/α,β-unsaturated/α-hetero) is 1. The highest BCUT2D eigenvalue weighted by Crippen LogP contribution is 2.29. The minimum atomic E-state index is -2.86. The fourth-order valence-corrected chi connectivity index (χ4v) is 3.03. The third-order valence-corrected chi connectivity index (χ3v) is 3.94. The molecule has 0 radical (unpaired) electrons. The smallest absolute Gasteiger partial charge is 0.387 e. The average molecular weight is 258 g/mol. The van der Waals surface area contributed by atoms with E-state index in [1.54, 1.807) is 23.9 Å². The van der Waals surface area contributed by atoms with E-state index >= 15 is 0 Å². The SMILES string of the molecule is O=C(c1cccc(OC(F)F)c1)C1CCCS1. The number of halogens is 2. The van der Waals surface area contributed by atoms with Gasteiger partial charge in [0.05, 0.1) is 5.25 Å². The standard InChI is InChI=1S/C12H12F2O2S/c13-12(14)16-9-4-1-3-8(7-9)11(15)10-5-2-6-17-10/h1,3-4,7,10,12H,2,5-6H2. The second-order valence-electron chi connectivity index (χ2n) is 3.77. The van der Waals surface area contributed by atoms with Crippen LogP contribution in [0.15, 0.2) is 24.3 Å². The molecule has 1 aliphatic rings. The molecule has 0 spiro atoms. The molecule has 2 rings (SSSR count). The van der Waals surface area contributed by atoms with Gasteiger partial charge in [-0.25, -0.2) is 0 Å². The molecule has 0 saturated carbocycles. The van der Waals surface area contributed by atoms with Crippen molar-refractivity contribution in [2.75, 3.05) is 5.75 Å². The van der Waals surface area contributed by atoms with E-state index in [9.17, 15) is 13.6 Å². The molecular formula is C12H12F2O2S. The second-order valence-corrected chi connectivity index (χ2v) is 5.08. The first-order chi connectivity index (χ1) is 8.16. The molecule has 1 aromatic carbocycles. The Bertz CT molecular complexity index is 403. The third-order valence-electron chi connectivity index (χ3n) is 2.57. The molecule has 0 amide bonds. The summed E-state index contributed by atoms with van der Waals surface area (Å²) in [6, 6.07) is 6.00. The minimum absolute atomic E-state index is 0.00668. The number of ketones is 1. The predicted molar refractivity (Wildman–Crippen MR) is 62.9 cm³/mol. The zero-order valence-corrected chi connectivity index (χ0v) is 9.88. The summed E-state index contributed by atoms with van der Waals surface area (Å²) >= 11 is 1.63. The Balaban J connectivity index is 2.12. The third kappa shape index (κ3) is 3.19. The minimum Gasteiger partial charge on any atom is -0.435 e. The summed E-state index contributed by atoms with van der Waals surface area (Å²) in [5, 5.41) is -0.0307. The van der Waals surface area contributed by atoms with E-state index in [1.807, 2.05) is 0 Å². The van der Waals surface area contributed by atoms with Crippen molar-refractivity contribution in [3.63, 3.8) is 0 Å². The summed E-state index contributed by atoms with van der Waals surface area (Å²) in [6.45, 7) is -2.86. The van der Waals surface area contributed by atoms with Crippen LogP contribution in [0.2, 0.25) is 0 Å². The number of carbonyl (C=O) groups excluding carboxylic acids is 1. The molecule has 1 unspecified atom stereocenters. The molecule has 1 fully saturated rings. The summed E-state index contributed by atoms with van der Waals surface area (Å²) in [7, 11) is 0. The number of thioether (sulfide) groups is 1. The number of benzene rings is 1. The maximum absolute atomic E-state index is 12.0. The molecule has 2 nitrogen and oxygen atoms in total. The van der Waals surface area contributed by atoms with Crippen LogP contribution in [0.25, 0.3) is 0 Å². The number of ether oxygens (including phenoxy) is 1. The largest absolute Gasteiger partial charge is 0.435 e. The zero-order chi connectivity index (χ0) is 12.3. The lowest BCUT2D eigenvalue weighted by molar-refractivity contribution is -0.0498. The van der Waals surface area contributed by atoms with Gasteiger partial charge in [-0.3, -0.25) is 4.79 Å². The second kappa shape index (κ2) is 5.49. The van der Waals surface area contributed by atoms with E-state index in [1.165, 1.54) is 12.1 Å². The van der Waals surface area contributed by atoms with E-state index in [0.717, 1.165) is 18.6 Å². The van der Waals surface area contributed by atoms with Gasteiger partial charge in [0.1, 0.15) is 5.75 Å². The van der Waals surface area contributed by atoms with Crippen molar-refractivity contribution in [2.24, 2.45) is 0 Å². The summed E-state index contributed by atoms with van der Waals surface area (Å²) in [5.74, 6) is 1.03. The van der Waals surface area contributed by atoms with E-state index in [2.05, 4.69) is 4.74 Å². The average Bonchev–Trinajstić information content (AvgIpc) is 2.81. The summed E-state index contributed by atoms with van der Waals surface area (Å²) in [4.78, 5) is 12.0. The van der Waals surface area contributed by atoms with Crippen LogP contribution in [-0.2, 0) is 0 Å². The lowest BCUT2D eigenvalue weighted by atomic mass is 10.1. The summed E-state index contributed by atoms with van der Waals surface area (Å²) in [6.07, 6.45) is 1.90. The number of hydrogen-bond donors (Lipinski definition) is 0. The normalized spacial score (nSPS) is 19.6. The molecule has 1 aliphatic heterocycles. The van der Waals surface area contributed by atoms with Crippen molar-refractivity contribution in [2.45, 2.75) is 24.7 Å². The predicted octanol–water partition coefficient (Wildman–Crippen LogP) is 3.37. The molecular weight excluding hydrogens is 246 g/mol. The van der Waals surface area contributed by atoms with Crippen LogP contribution in [0.4, 0.5) is 8.78 Å². The van der Waals surface area contributed by atoms with E-state index in [0.29, 0.717) is 5.56 Å². The number of hydrogen-bond acceptors (Lipinski definition) is 3. The number of carbonyl (C=O) groups is 1. The molecule has 0 aromatic heterocycles. The van der Waals surface area contributed by atoms with Gasteiger partial charge < -0.3 is 4.74 Å². The fourth-order valence-electron chi connectivity index (χ4n) is 1.80. The van der Waals surface area contributed by atoms with E-state index in [4.69, 9.17) is 0 Å². The van der Waals surface area contributed by atoms with Crippen molar-refractivity contribution < 1.29 is 18.3 Å². The van der Waals surface area contributed by atoms with Gasteiger partial charge in [0.2, 0.25) is 0 Å². The van der Waals surface area contributed by atoms with Crippen LogP contribution in [-0.4, -0.2) is 23.4 Å². The first-order valence-electron chi connectivity index (χ1n) is 5.37. The van der Waals surface area contributed by atoms with Crippen LogP contribution in [0.1, 0.15) is 23.2 Å². The molecule has 0 aliphatic carbocycles. The molecule has 0 bridgehead atoms. The zero-order valence-electron chi connectivity index (χ0n) is 9.07. The Kier molecular flexibility index (Phi) is 3.99. The van der Waals surface area contributed by atoms with Gasteiger partial charge in [0.25, 0.3) is 0 Å². The van der Waals surface area contributed by atoms with Gasteiger partial charge in [-0.15, -0.1) is 0 Å². The Morgan fingerprint density at radius 3 is 2.94 bits per heavy atom. The quantitative estimate of drug-likeness (QED) is 0.774. The van der Waals surface area contributed by atoms with Crippen molar-refractivity contribution in [1.29, 1.82) is 0 Å². The summed E-state index contributed by atoms with van der Waals surface area (Å²) < 4.78 is 28.4. The number of rotatable bonds is 4. The topological polar surface area (TPSA) is 26.3 Å². The van der Waals surface area contributed by atoms with Gasteiger partial charge in [-0.1, -0.05) is 12.1 Å². The van der Waals surface area contributed by atoms with Gasteiger partial charge >= 0.3 is 6.61 Å². The first-order valence-corrected chi connectivity index (χ1v) is 6.42. The van der Waals surface area contributed by atoms with Gasteiger partial charge in [0, 0.05) is 5.56 Å². The molecule has 0 N–H and O–H groups in total. The van der Waals surface area contributed by atoms with Gasteiger partial charge in [-0.2, -0.15) is 20.5 Å². The molecule has 1 saturated heterocycles. The van der Waals surface area contributed by atoms with Crippen LogP contribution < -0.4 is 4.74 Å². The van der Waals surface area contributed by atoms with Crippen molar-refractivity contribution >= 4 is 17.5 Å². The lowest BCUT2D eigenvalue weighted by Gasteiger charge is -2.09. The van der Waals surface area contributed by atoms with Crippen molar-refractivity contribution in [1.82, 2.24) is 0 Å². The molecule has 17 heavy (non-hydrogen) atoms. The van der Waals surface area contributed by atoms with Crippen LogP contribution >= 0.6 is 11.8 Å². The monoisotopic (exact) mass is 258 g/mol. The maximum atomic E-state index is 12.0. The highest BCUT2D eigenvalue weighted by atomic mass is 32.2. The molecule has 1 aromatic rings. The highest BCUT2D eigenvalue weighted by molar-refractivity contribution is 8.00. The highest BCUT2D eigenvalue weighted by Gasteiger charge is 2.24. The molecule has 1 atom stereocenters. The van der Waals surface area contributed by atoms with Crippen molar-refractivity contribution in [3.05, 3.63) is 29.8 Å². The Morgan fingerprint density at radius 2 is 2.29 bits per heavy atom. The van der Waals surface area contributed by atoms with Crippen LogP contribution in [0.3, 0.4) is 0 Å². The Hall–Kier alpha value is -1.10. The van der Waals surface area contributed by atoms with E-state index in [-0.39, 0.29) is 16.8 Å². The molecule has 92 valence electrons. The van der Waals surface area contributed by atoms with Crippen LogP contribution in [0.5, 0.6) is 5.75 Å². The lowest BCUT2D eigenvalue weighted by Crippen LogP contribution is -2.14. The molecule has 5 heteroatoms. The fraction of sp³-hybridized carbons (Fsp3) is 0.417. The summed E-state index contributed by atoms with van der Waals surface area (Å²) in [5.41, 5.74) is 0.447. The van der Waals surface area contributed by atoms with E-state index < -0.39 is 6.61 Å². The first kappa shape index (κ1) is 12.4. The Labute approximate surface area is 102 Å². The van der Waals surface area contributed by atoms with Gasteiger partial charge in [-0.05, 0) is 30.7 Å².